The van der Waals surface area contributed by atoms with Crippen LogP contribution in [0, 0.1) is 0 Å². The minimum atomic E-state index is -0.202. The molecule has 1 amide bonds. The molecule has 3 aromatic rings. The van der Waals surface area contributed by atoms with Gasteiger partial charge < -0.3 is 19.8 Å². The van der Waals surface area contributed by atoms with E-state index in [2.05, 4.69) is 15.3 Å². The van der Waals surface area contributed by atoms with Crippen LogP contribution in [0.4, 0.5) is 0 Å². The fourth-order valence-corrected chi connectivity index (χ4v) is 2.63. The van der Waals surface area contributed by atoms with E-state index in [1.807, 2.05) is 25.1 Å². The number of hydrogen-bond acceptors (Lipinski definition) is 4. The highest BCUT2D eigenvalue weighted by molar-refractivity contribution is 6.01. The smallest absolute Gasteiger partial charge is 0.268 e. The normalized spacial score (nSPS) is 12.0. The second-order valence-electron chi connectivity index (χ2n) is 5.42. The molecule has 0 aliphatic carbocycles. The molecule has 0 aliphatic heterocycles. The lowest BCUT2D eigenvalue weighted by molar-refractivity contribution is 0.0935. The Bertz CT molecular complexity index is 818. The summed E-state index contributed by atoms with van der Waals surface area (Å²) in [6.45, 7) is 1.92. The van der Waals surface area contributed by atoms with Crippen LogP contribution in [0.3, 0.4) is 0 Å². The number of pyridine rings is 1. The van der Waals surface area contributed by atoms with Crippen molar-refractivity contribution in [1.82, 2.24) is 15.3 Å². The van der Waals surface area contributed by atoms with Gasteiger partial charge in [-0.05, 0) is 36.8 Å². The van der Waals surface area contributed by atoms with E-state index in [4.69, 9.17) is 9.47 Å². The molecule has 2 aromatic heterocycles. The van der Waals surface area contributed by atoms with Gasteiger partial charge in [0, 0.05) is 17.8 Å². The van der Waals surface area contributed by atoms with E-state index in [0.29, 0.717) is 17.2 Å². The van der Waals surface area contributed by atoms with Crippen LogP contribution in [-0.2, 0) is 0 Å². The number of H-pyrrole nitrogens is 1. The minimum absolute atomic E-state index is 0.151. The van der Waals surface area contributed by atoms with Gasteiger partial charge in [0.1, 0.15) is 17.2 Å². The van der Waals surface area contributed by atoms with Crippen molar-refractivity contribution in [1.29, 1.82) is 0 Å². The predicted molar refractivity (Wildman–Crippen MR) is 91.5 cm³/mol. The number of carbonyl (C=O) groups is 1. The Hall–Kier alpha value is -3.02. The molecule has 2 heterocycles. The third-order valence-electron chi connectivity index (χ3n) is 3.93. The van der Waals surface area contributed by atoms with Gasteiger partial charge in [-0.3, -0.25) is 9.78 Å². The van der Waals surface area contributed by atoms with Crippen LogP contribution in [-0.4, -0.2) is 30.1 Å². The van der Waals surface area contributed by atoms with Crippen molar-refractivity contribution in [2.75, 3.05) is 14.2 Å². The number of fused-ring (bicyclic) bond motifs is 1. The summed E-state index contributed by atoms with van der Waals surface area (Å²) in [6.07, 6.45) is 3.44. The molecule has 1 aromatic carbocycles. The molecule has 24 heavy (non-hydrogen) atoms. The summed E-state index contributed by atoms with van der Waals surface area (Å²) in [5.74, 6) is 1.14. The van der Waals surface area contributed by atoms with E-state index in [1.54, 1.807) is 38.7 Å². The maximum Gasteiger partial charge on any atom is 0.268 e. The lowest BCUT2D eigenvalue weighted by atomic mass is 10.1. The number of carbonyl (C=O) groups excluding carboxylic acids is 1. The first-order valence-electron chi connectivity index (χ1n) is 7.58. The van der Waals surface area contributed by atoms with Crippen molar-refractivity contribution in [3.8, 4) is 11.5 Å². The lowest BCUT2D eigenvalue weighted by Crippen LogP contribution is -2.26. The molecular weight excluding hydrogens is 306 g/mol. The van der Waals surface area contributed by atoms with Gasteiger partial charge in [0.05, 0.1) is 25.8 Å². The average Bonchev–Trinajstić information content (AvgIpc) is 3.07. The molecule has 0 aliphatic rings. The van der Waals surface area contributed by atoms with Gasteiger partial charge in [0.2, 0.25) is 0 Å². The van der Waals surface area contributed by atoms with Crippen LogP contribution < -0.4 is 14.8 Å². The van der Waals surface area contributed by atoms with Crippen molar-refractivity contribution >= 4 is 16.8 Å². The molecule has 2 N–H and O–H groups in total. The van der Waals surface area contributed by atoms with Gasteiger partial charge in [0.25, 0.3) is 5.91 Å². The van der Waals surface area contributed by atoms with Crippen molar-refractivity contribution in [3.05, 3.63) is 54.0 Å². The Morgan fingerprint density at radius 2 is 1.96 bits per heavy atom. The zero-order valence-corrected chi connectivity index (χ0v) is 13.8. The van der Waals surface area contributed by atoms with Gasteiger partial charge in [-0.25, -0.2) is 0 Å². The van der Waals surface area contributed by atoms with Gasteiger partial charge >= 0.3 is 0 Å². The lowest BCUT2D eigenvalue weighted by Gasteiger charge is -2.12. The summed E-state index contributed by atoms with van der Waals surface area (Å²) in [6, 6.07) is 9.00. The van der Waals surface area contributed by atoms with Crippen LogP contribution in [0.25, 0.3) is 10.9 Å². The van der Waals surface area contributed by atoms with E-state index in [0.717, 1.165) is 16.5 Å². The summed E-state index contributed by atoms with van der Waals surface area (Å²) in [4.78, 5) is 19.7. The fraction of sp³-hybridized carbons (Fsp3) is 0.222. The fourth-order valence-electron chi connectivity index (χ4n) is 2.63. The summed E-state index contributed by atoms with van der Waals surface area (Å²) in [5.41, 5.74) is 2.12. The van der Waals surface area contributed by atoms with Crippen LogP contribution >= 0.6 is 0 Å². The average molecular weight is 325 g/mol. The molecular formula is C18H19N3O3. The van der Waals surface area contributed by atoms with Crippen LogP contribution in [0.1, 0.15) is 29.0 Å². The molecule has 1 atom stereocenters. The van der Waals surface area contributed by atoms with Gasteiger partial charge in [0.15, 0.2) is 0 Å². The third kappa shape index (κ3) is 2.90. The largest absolute Gasteiger partial charge is 0.496 e. The quantitative estimate of drug-likeness (QED) is 0.756. The molecule has 0 saturated heterocycles. The summed E-state index contributed by atoms with van der Waals surface area (Å²) in [7, 11) is 3.19. The van der Waals surface area contributed by atoms with E-state index in [9.17, 15) is 4.79 Å². The van der Waals surface area contributed by atoms with E-state index in [1.165, 1.54) is 0 Å². The number of ether oxygens (including phenoxy) is 2. The molecule has 0 spiro atoms. The van der Waals surface area contributed by atoms with E-state index < -0.39 is 0 Å². The number of methoxy groups -OCH3 is 2. The number of aromatic amines is 1. The topological polar surface area (TPSA) is 76.2 Å². The number of hydrogen-bond donors (Lipinski definition) is 2. The molecule has 0 bridgehead atoms. The second-order valence-corrected chi connectivity index (χ2v) is 5.42. The predicted octanol–water partition coefficient (Wildman–Crippen LogP) is 3.07. The molecule has 0 saturated carbocycles. The first kappa shape index (κ1) is 15.9. The van der Waals surface area contributed by atoms with Crippen molar-refractivity contribution in [2.45, 2.75) is 13.0 Å². The van der Waals surface area contributed by atoms with Crippen LogP contribution in [0.2, 0.25) is 0 Å². The van der Waals surface area contributed by atoms with Crippen molar-refractivity contribution in [3.63, 3.8) is 0 Å². The molecule has 3 rings (SSSR count). The number of amides is 1. The molecule has 1 unspecified atom stereocenters. The van der Waals surface area contributed by atoms with Crippen LogP contribution in [0.5, 0.6) is 11.5 Å². The van der Waals surface area contributed by atoms with E-state index in [-0.39, 0.29) is 11.9 Å². The Balaban J connectivity index is 1.90. The first-order chi connectivity index (χ1) is 11.6. The Morgan fingerprint density at radius 1 is 1.21 bits per heavy atom. The highest BCUT2D eigenvalue weighted by Gasteiger charge is 2.17. The van der Waals surface area contributed by atoms with E-state index >= 15 is 0 Å². The molecule has 6 heteroatoms. The zero-order valence-electron chi connectivity index (χ0n) is 13.8. The summed E-state index contributed by atoms with van der Waals surface area (Å²) < 4.78 is 10.7. The van der Waals surface area contributed by atoms with Gasteiger partial charge in [-0.2, -0.15) is 0 Å². The Morgan fingerprint density at radius 3 is 2.62 bits per heavy atom. The van der Waals surface area contributed by atoms with Crippen molar-refractivity contribution < 1.29 is 14.3 Å². The zero-order chi connectivity index (χ0) is 17.1. The molecule has 6 nitrogen and oxygen atoms in total. The highest BCUT2D eigenvalue weighted by atomic mass is 16.5. The Kier molecular flexibility index (Phi) is 4.37. The van der Waals surface area contributed by atoms with Crippen LogP contribution in [0.15, 0.2) is 42.7 Å². The number of aromatic nitrogens is 2. The van der Waals surface area contributed by atoms with Gasteiger partial charge in [-0.1, -0.05) is 6.07 Å². The second kappa shape index (κ2) is 6.62. The SMILES string of the molecule is COc1ccc(OC)c2[nH]c(C(=O)NC(C)c3cccnc3)cc12. The standard InChI is InChI=1S/C18H19N3O3/c1-11(12-5-4-8-19-10-12)20-18(22)14-9-13-15(23-2)6-7-16(24-3)17(13)21-14/h4-11,21H,1-3H3,(H,20,22). The van der Waals surface area contributed by atoms with Crippen molar-refractivity contribution in [2.24, 2.45) is 0 Å². The Labute approximate surface area is 139 Å². The maximum absolute atomic E-state index is 12.6. The molecule has 0 fully saturated rings. The summed E-state index contributed by atoms with van der Waals surface area (Å²) in [5, 5.41) is 3.76. The number of benzene rings is 1. The maximum atomic E-state index is 12.6. The molecule has 0 radical (unpaired) electrons. The minimum Gasteiger partial charge on any atom is -0.496 e. The number of rotatable bonds is 5. The summed E-state index contributed by atoms with van der Waals surface area (Å²) >= 11 is 0. The molecule has 124 valence electrons. The number of nitrogens with one attached hydrogen (secondary N) is 2. The third-order valence-corrected chi connectivity index (χ3v) is 3.93. The first-order valence-corrected chi connectivity index (χ1v) is 7.58. The van der Waals surface area contributed by atoms with Gasteiger partial charge in [-0.15, -0.1) is 0 Å². The highest BCUT2D eigenvalue weighted by Crippen LogP contribution is 2.33. The monoisotopic (exact) mass is 325 g/mol. The number of nitrogens with zero attached hydrogens (tertiary/aromatic N) is 1.